The summed E-state index contributed by atoms with van der Waals surface area (Å²) in [5.74, 6) is 0.555. The lowest BCUT2D eigenvalue weighted by molar-refractivity contribution is 0.0754. The first-order valence-electron chi connectivity index (χ1n) is 11.6. The number of furan rings is 1. The van der Waals surface area contributed by atoms with Crippen molar-refractivity contribution in [3.63, 3.8) is 0 Å². The first-order chi connectivity index (χ1) is 14.8. The van der Waals surface area contributed by atoms with Gasteiger partial charge < -0.3 is 4.42 Å². The van der Waals surface area contributed by atoms with Gasteiger partial charge in [-0.25, -0.2) is 4.98 Å². The molecule has 2 atom stereocenters. The second-order valence-electron chi connectivity index (χ2n) is 10.8. The number of nitrogens with zero attached hydrogens (tertiary/aromatic N) is 1. The van der Waals surface area contributed by atoms with Gasteiger partial charge in [0.05, 0.1) is 5.69 Å². The third-order valence-electron chi connectivity index (χ3n) is 6.96. The lowest BCUT2D eigenvalue weighted by atomic mass is 9.69. The zero-order valence-corrected chi connectivity index (χ0v) is 21.4. The topological polar surface area (TPSA) is 43.1 Å². The number of aromatic nitrogens is 1. The molecule has 3 rings (SSSR count). The molecule has 4 heteroatoms. The summed E-state index contributed by atoms with van der Waals surface area (Å²) in [4.78, 5) is 18.3. The highest BCUT2D eigenvalue weighted by Gasteiger charge is 2.35. The van der Waals surface area contributed by atoms with Crippen LogP contribution in [0.1, 0.15) is 84.3 Å². The molecule has 2 aromatic heterocycles. The summed E-state index contributed by atoms with van der Waals surface area (Å²) in [6, 6.07) is 11.6. The van der Waals surface area contributed by atoms with Crippen LogP contribution >= 0.6 is 11.6 Å². The Morgan fingerprint density at radius 1 is 1.06 bits per heavy atom. The van der Waals surface area contributed by atoms with E-state index in [0.717, 1.165) is 35.2 Å². The van der Waals surface area contributed by atoms with Gasteiger partial charge in [0.15, 0.2) is 11.3 Å². The quantitative estimate of drug-likeness (QED) is 0.336. The van der Waals surface area contributed by atoms with E-state index in [2.05, 4.69) is 54.5 Å². The van der Waals surface area contributed by atoms with Crippen molar-refractivity contribution in [1.29, 1.82) is 0 Å². The van der Waals surface area contributed by atoms with Gasteiger partial charge in [-0.05, 0) is 41.4 Å². The molecule has 0 saturated heterocycles. The minimum Gasteiger partial charge on any atom is -0.451 e. The van der Waals surface area contributed by atoms with Gasteiger partial charge in [-0.1, -0.05) is 85.5 Å². The highest BCUT2D eigenvalue weighted by atomic mass is 35.5. The van der Waals surface area contributed by atoms with Crippen molar-refractivity contribution in [2.24, 2.45) is 17.3 Å². The zero-order valence-electron chi connectivity index (χ0n) is 20.7. The van der Waals surface area contributed by atoms with Gasteiger partial charge in [0.2, 0.25) is 5.78 Å². The molecule has 0 aliphatic heterocycles. The predicted molar refractivity (Wildman–Crippen MR) is 135 cm³/mol. The summed E-state index contributed by atoms with van der Waals surface area (Å²) < 4.78 is 6.21. The average Bonchev–Trinajstić information content (AvgIpc) is 3.15. The Balaban J connectivity index is 2.07. The van der Waals surface area contributed by atoms with E-state index in [9.17, 15) is 4.79 Å². The van der Waals surface area contributed by atoms with Crippen LogP contribution in [-0.2, 0) is 5.41 Å². The number of Topliss-reactive ketones (excluding diaryl/α,β-unsaturated/α-hetero) is 1. The van der Waals surface area contributed by atoms with Gasteiger partial charge in [-0.15, -0.1) is 0 Å². The van der Waals surface area contributed by atoms with Gasteiger partial charge >= 0.3 is 0 Å². The molecule has 0 bridgehead atoms. The van der Waals surface area contributed by atoms with E-state index in [4.69, 9.17) is 21.0 Å². The minimum atomic E-state index is -0.164. The fraction of sp³-hybridized carbons (Fsp3) is 0.500. The van der Waals surface area contributed by atoms with E-state index >= 15 is 0 Å². The van der Waals surface area contributed by atoms with E-state index in [1.165, 1.54) is 0 Å². The molecule has 0 N–H and O–H groups in total. The maximum atomic E-state index is 13.4. The lowest BCUT2D eigenvalue weighted by Crippen LogP contribution is -2.31. The van der Waals surface area contributed by atoms with Crippen LogP contribution in [0.3, 0.4) is 0 Å². The molecular weight excluding hydrogens is 418 g/mol. The molecule has 32 heavy (non-hydrogen) atoms. The van der Waals surface area contributed by atoms with E-state index in [1.807, 2.05) is 37.3 Å². The molecule has 0 radical (unpaired) electrons. The van der Waals surface area contributed by atoms with E-state index < -0.39 is 0 Å². The summed E-state index contributed by atoms with van der Waals surface area (Å²) >= 11 is 6.07. The minimum absolute atomic E-state index is 0.0487. The van der Waals surface area contributed by atoms with Crippen LogP contribution < -0.4 is 0 Å². The number of carbonyl (C=O) groups excluding carboxylic acids is 1. The number of benzene rings is 1. The van der Waals surface area contributed by atoms with Crippen molar-refractivity contribution in [1.82, 2.24) is 4.98 Å². The molecule has 0 amide bonds. The average molecular weight is 454 g/mol. The molecule has 0 aliphatic rings. The molecule has 0 aliphatic carbocycles. The molecular formula is C28H36ClNO2. The first kappa shape index (κ1) is 24.5. The third kappa shape index (κ3) is 4.93. The molecule has 0 saturated carbocycles. The van der Waals surface area contributed by atoms with E-state index in [0.29, 0.717) is 16.4 Å². The normalized spacial score (nSPS) is 14.5. The SMILES string of the molecule is CCCC(C)(C)C(C)C(C)C(=O)c1cc2nc(-c3ccc(Cl)cc3)cc(C(C)(C)C)c2o1. The van der Waals surface area contributed by atoms with Crippen molar-refractivity contribution < 1.29 is 9.21 Å². The molecule has 0 fully saturated rings. The number of ketones is 1. The predicted octanol–water partition coefficient (Wildman–Crippen LogP) is 8.73. The molecule has 2 heterocycles. The fourth-order valence-corrected chi connectivity index (χ4v) is 4.60. The maximum absolute atomic E-state index is 13.4. The molecule has 2 unspecified atom stereocenters. The maximum Gasteiger partial charge on any atom is 0.201 e. The fourth-order valence-electron chi connectivity index (χ4n) is 4.47. The summed E-state index contributed by atoms with van der Waals surface area (Å²) in [5.41, 5.74) is 4.22. The lowest BCUT2D eigenvalue weighted by Gasteiger charge is -2.35. The highest BCUT2D eigenvalue weighted by Crippen LogP contribution is 2.39. The Hall–Kier alpha value is -2.13. The largest absolute Gasteiger partial charge is 0.451 e. The number of pyridine rings is 1. The van der Waals surface area contributed by atoms with Crippen LogP contribution in [0.2, 0.25) is 5.02 Å². The second kappa shape index (κ2) is 9.02. The Morgan fingerprint density at radius 2 is 1.69 bits per heavy atom. The Bertz CT molecular complexity index is 1100. The van der Waals surface area contributed by atoms with Crippen molar-refractivity contribution in [3.05, 3.63) is 52.7 Å². The van der Waals surface area contributed by atoms with Gasteiger partial charge in [-0.2, -0.15) is 0 Å². The van der Waals surface area contributed by atoms with Crippen LogP contribution in [0, 0.1) is 17.3 Å². The van der Waals surface area contributed by atoms with Crippen LogP contribution in [0.4, 0.5) is 0 Å². The standard InChI is InChI=1S/C28H36ClNO2/c1-9-14-28(7,8)18(3)17(2)25(31)24-16-23-26(32-24)21(27(4,5)6)15-22(30-23)19-10-12-20(29)13-11-19/h10-13,15-18H,9,14H2,1-8H3. The van der Waals surface area contributed by atoms with E-state index in [1.54, 1.807) is 0 Å². The smallest absolute Gasteiger partial charge is 0.201 e. The number of carbonyl (C=O) groups is 1. The van der Waals surface area contributed by atoms with Gasteiger partial charge in [0.25, 0.3) is 0 Å². The van der Waals surface area contributed by atoms with Gasteiger partial charge in [0.1, 0.15) is 5.52 Å². The van der Waals surface area contributed by atoms with Crippen molar-refractivity contribution >= 4 is 28.5 Å². The summed E-state index contributed by atoms with van der Waals surface area (Å²) in [6.07, 6.45) is 2.20. The number of halogens is 1. The van der Waals surface area contributed by atoms with Crippen molar-refractivity contribution in [3.8, 4) is 11.3 Å². The Kier molecular flexibility index (Phi) is 6.91. The number of hydrogen-bond donors (Lipinski definition) is 0. The van der Waals surface area contributed by atoms with Crippen LogP contribution in [-0.4, -0.2) is 10.8 Å². The second-order valence-corrected chi connectivity index (χ2v) is 11.3. The molecule has 0 spiro atoms. The number of fused-ring (bicyclic) bond motifs is 1. The van der Waals surface area contributed by atoms with Gasteiger partial charge in [0, 0.05) is 28.1 Å². The number of rotatable bonds is 7. The monoisotopic (exact) mass is 453 g/mol. The van der Waals surface area contributed by atoms with Crippen LogP contribution in [0.15, 0.2) is 40.8 Å². The number of hydrogen-bond acceptors (Lipinski definition) is 3. The van der Waals surface area contributed by atoms with Crippen molar-refractivity contribution in [2.75, 3.05) is 0 Å². The molecule has 3 nitrogen and oxygen atoms in total. The summed E-state index contributed by atoms with van der Waals surface area (Å²) in [6.45, 7) is 17.3. The third-order valence-corrected chi connectivity index (χ3v) is 7.21. The summed E-state index contributed by atoms with van der Waals surface area (Å²) in [5, 5.41) is 0.691. The highest BCUT2D eigenvalue weighted by molar-refractivity contribution is 6.30. The van der Waals surface area contributed by atoms with Crippen LogP contribution in [0.25, 0.3) is 22.4 Å². The van der Waals surface area contributed by atoms with Crippen LogP contribution in [0.5, 0.6) is 0 Å². The Morgan fingerprint density at radius 3 is 2.25 bits per heavy atom. The summed E-state index contributed by atoms with van der Waals surface area (Å²) in [7, 11) is 0. The van der Waals surface area contributed by atoms with Crippen molar-refractivity contribution in [2.45, 2.75) is 73.6 Å². The zero-order chi connectivity index (χ0) is 23.8. The molecule has 172 valence electrons. The Labute approximate surface area is 197 Å². The van der Waals surface area contributed by atoms with E-state index in [-0.39, 0.29) is 28.4 Å². The molecule has 3 aromatic rings. The first-order valence-corrected chi connectivity index (χ1v) is 12.0. The van der Waals surface area contributed by atoms with Gasteiger partial charge in [-0.3, -0.25) is 4.79 Å². The molecule has 1 aromatic carbocycles.